The van der Waals surface area contributed by atoms with E-state index in [1.807, 2.05) is 0 Å². The summed E-state index contributed by atoms with van der Waals surface area (Å²) < 4.78 is 11.3. The van der Waals surface area contributed by atoms with Crippen molar-refractivity contribution in [2.75, 3.05) is 27.2 Å². The Hall–Kier alpha value is -1.82. The first-order chi connectivity index (χ1) is 11.0. The Balaban J connectivity index is 1.66. The van der Waals surface area contributed by atoms with Gasteiger partial charge in [-0.2, -0.15) is 0 Å². The van der Waals surface area contributed by atoms with Crippen LogP contribution in [-0.2, 0) is 0 Å². The quantitative estimate of drug-likeness (QED) is 0.629. The highest BCUT2D eigenvalue weighted by Crippen LogP contribution is 2.44. The fourth-order valence-electron chi connectivity index (χ4n) is 3.94. The minimum Gasteiger partial charge on any atom is -0.493 e. The minimum atomic E-state index is -0.406. The van der Waals surface area contributed by atoms with Crippen LogP contribution < -0.4 is 9.47 Å². The Morgan fingerprint density at radius 2 is 2.00 bits per heavy atom. The van der Waals surface area contributed by atoms with E-state index in [1.165, 1.54) is 44.5 Å². The summed E-state index contributed by atoms with van der Waals surface area (Å²) in [5.74, 6) is 1.03. The molecule has 1 saturated heterocycles. The van der Waals surface area contributed by atoms with Crippen molar-refractivity contribution in [3.63, 3.8) is 0 Å². The third-order valence-corrected chi connectivity index (χ3v) is 5.27. The summed E-state index contributed by atoms with van der Waals surface area (Å²) in [4.78, 5) is 13.0. The maximum absolute atomic E-state index is 11.0. The van der Waals surface area contributed by atoms with Crippen molar-refractivity contribution in [1.29, 1.82) is 0 Å². The summed E-state index contributed by atoms with van der Waals surface area (Å²) >= 11 is 0. The number of rotatable bonds is 4. The molecule has 0 bridgehead atoms. The van der Waals surface area contributed by atoms with Crippen LogP contribution in [0.3, 0.4) is 0 Å². The van der Waals surface area contributed by atoms with Gasteiger partial charge in [-0.15, -0.1) is 0 Å². The minimum absolute atomic E-state index is 0.0329. The normalized spacial score (nSPS) is 28.0. The Labute approximate surface area is 136 Å². The van der Waals surface area contributed by atoms with Gasteiger partial charge >= 0.3 is 0 Å². The molecule has 2 aliphatic rings. The monoisotopic (exact) mass is 320 g/mol. The van der Waals surface area contributed by atoms with Gasteiger partial charge in [0.05, 0.1) is 24.2 Å². The Bertz CT molecular complexity index is 582. The summed E-state index contributed by atoms with van der Waals surface area (Å²) in [6.07, 6.45) is 5.72. The van der Waals surface area contributed by atoms with E-state index in [1.54, 1.807) is 13.2 Å². The van der Waals surface area contributed by atoms with Gasteiger partial charge in [-0.05, 0) is 57.2 Å². The smallest absolute Gasteiger partial charge is 0.273 e. The Kier molecular flexibility index (Phi) is 4.43. The molecule has 2 fully saturated rings. The molecule has 6 nitrogen and oxygen atoms in total. The van der Waals surface area contributed by atoms with Crippen molar-refractivity contribution in [1.82, 2.24) is 4.90 Å². The predicted octanol–water partition coefficient (Wildman–Crippen LogP) is 3.25. The molecule has 1 spiro atoms. The molecule has 23 heavy (non-hydrogen) atoms. The number of likely N-dealkylation sites (tertiary alicyclic amines) is 1. The van der Waals surface area contributed by atoms with Gasteiger partial charge in [-0.25, -0.2) is 0 Å². The molecule has 0 amide bonds. The highest BCUT2D eigenvalue weighted by Gasteiger charge is 2.40. The first-order valence-electron chi connectivity index (χ1n) is 8.19. The summed E-state index contributed by atoms with van der Waals surface area (Å²) in [5.41, 5.74) is 0.493. The average molecular weight is 320 g/mol. The van der Waals surface area contributed by atoms with Crippen LogP contribution in [0.4, 0.5) is 5.69 Å². The molecule has 1 aliphatic heterocycles. The molecule has 1 aromatic carbocycles. The summed E-state index contributed by atoms with van der Waals surface area (Å²) in [5, 5.41) is 11.0. The Morgan fingerprint density at radius 1 is 1.26 bits per heavy atom. The second-order valence-electron chi connectivity index (χ2n) is 6.90. The van der Waals surface area contributed by atoms with Crippen LogP contribution in [0.2, 0.25) is 0 Å². The van der Waals surface area contributed by atoms with Gasteiger partial charge in [-0.1, -0.05) is 0 Å². The largest absolute Gasteiger partial charge is 0.493 e. The van der Waals surface area contributed by atoms with Gasteiger partial charge in [0.15, 0.2) is 11.5 Å². The third-order valence-electron chi connectivity index (χ3n) is 5.27. The number of hydrogen-bond donors (Lipinski definition) is 0. The van der Waals surface area contributed by atoms with Crippen molar-refractivity contribution >= 4 is 5.69 Å². The number of nitro groups is 1. The van der Waals surface area contributed by atoms with Gasteiger partial charge in [0.2, 0.25) is 0 Å². The lowest BCUT2D eigenvalue weighted by Crippen LogP contribution is -2.34. The molecule has 126 valence electrons. The molecule has 0 unspecified atom stereocenters. The zero-order valence-corrected chi connectivity index (χ0v) is 13.8. The second kappa shape index (κ2) is 6.35. The van der Waals surface area contributed by atoms with Crippen molar-refractivity contribution in [2.24, 2.45) is 5.41 Å². The topological polar surface area (TPSA) is 64.8 Å². The standard InChI is InChI=1S/C17H24N2O4/c1-18-10-9-17(12-18)7-5-14(6-8-17)23-16-11-13(19(20)21)3-4-15(16)22-2/h3-4,11,14H,5-10,12H2,1-2H3. The molecule has 0 atom stereocenters. The fraction of sp³-hybridized carbons (Fsp3) is 0.647. The predicted molar refractivity (Wildman–Crippen MR) is 87.1 cm³/mol. The molecular weight excluding hydrogens is 296 g/mol. The average Bonchev–Trinajstić information content (AvgIpc) is 2.90. The molecule has 0 aromatic heterocycles. The van der Waals surface area contributed by atoms with E-state index < -0.39 is 4.92 Å². The van der Waals surface area contributed by atoms with Crippen molar-refractivity contribution in [3.8, 4) is 11.5 Å². The zero-order chi connectivity index (χ0) is 16.4. The first-order valence-corrected chi connectivity index (χ1v) is 8.19. The zero-order valence-electron chi connectivity index (χ0n) is 13.8. The molecule has 0 radical (unpaired) electrons. The van der Waals surface area contributed by atoms with Crippen molar-refractivity contribution < 1.29 is 14.4 Å². The van der Waals surface area contributed by atoms with E-state index in [9.17, 15) is 10.1 Å². The van der Waals surface area contributed by atoms with Crippen LogP contribution in [0.15, 0.2) is 18.2 Å². The second-order valence-corrected chi connectivity index (χ2v) is 6.90. The number of benzene rings is 1. The van der Waals surface area contributed by atoms with Crippen LogP contribution in [0.25, 0.3) is 0 Å². The highest BCUT2D eigenvalue weighted by molar-refractivity contribution is 5.48. The van der Waals surface area contributed by atoms with Crippen LogP contribution in [0.1, 0.15) is 32.1 Å². The first kappa shape index (κ1) is 16.1. The lowest BCUT2D eigenvalue weighted by molar-refractivity contribution is -0.385. The molecule has 6 heteroatoms. The maximum atomic E-state index is 11.0. The summed E-state index contributed by atoms with van der Waals surface area (Å²) in [6.45, 7) is 2.37. The van der Waals surface area contributed by atoms with Crippen LogP contribution in [0.5, 0.6) is 11.5 Å². The molecular formula is C17H24N2O4. The molecule has 1 aliphatic carbocycles. The van der Waals surface area contributed by atoms with Gasteiger partial charge in [0, 0.05) is 12.6 Å². The number of hydrogen-bond acceptors (Lipinski definition) is 5. The van der Waals surface area contributed by atoms with Gasteiger partial charge in [0.1, 0.15) is 0 Å². The SMILES string of the molecule is COc1ccc([N+](=O)[O-])cc1OC1CCC2(CC1)CCN(C)C2. The fourth-order valence-corrected chi connectivity index (χ4v) is 3.94. The van der Waals surface area contributed by atoms with Crippen molar-refractivity contribution in [2.45, 2.75) is 38.2 Å². The molecule has 1 aromatic rings. The maximum Gasteiger partial charge on any atom is 0.273 e. The number of non-ortho nitro benzene ring substituents is 1. The number of nitro benzene ring substituents is 1. The van der Waals surface area contributed by atoms with E-state index >= 15 is 0 Å². The van der Waals surface area contributed by atoms with E-state index in [0.29, 0.717) is 16.9 Å². The molecule has 1 saturated carbocycles. The lowest BCUT2D eigenvalue weighted by atomic mass is 9.72. The van der Waals surface area contributed by atoms with Gasteiger partial charge < -0.3 is 14.4 Å². The van der Waals surface area contributed by atoms with Gasteiger partial charge in [-0.3, -0.25) is 10.1 Å². The molecule has 0 N–H and O–H groups in total. The van der Waals surface area contributed by atoms with E-state index in [4.69, 9.17) is 9.47 Å². The van der Waals surface area contributed by atoms with E-state index in [0.717, 1.165) is 12.8 Å². The summed E-state index contributed by atoms with van der Waals surface area (Å²) in [6, 6.07) is 4.51. The molecule has 3 rings (SSSR count). The Morgan fingerprint density at radius 3 is 2.57 bits per heavy atom. The lowest BCUT2D eigenvalue weighted by Gasteiger charge is -2.37. The molecule has 1 heterocycles. The number of nitrogens with zero attached hydrogens (tertiary/aromatic N) is 2. The van der Waals surface area contributed by atoms with E-state index in [2.05, 4.69) is 11.9 Å². The van der Waals surface area contributed by atoms with Crippen LogP contribution in [0, 0.1) is 15.5 Å². The van der Waals surface area contributed by atoms with Crippen LogP contribution in [-0.4, -0.2) is 43.2 Å². The number of methoxy groups -OCH3 is 1. The van der Waals surface area contributed by atoms with Gasteiger partial charge in [0.25, 0.3) is 5.69 Å². The van der Waals surface area contributed by atoms with Crippen LogP contribution >= 0.6 is 0 Å². The number of ether oxygens (including phenoxy) is 2. The third kappa shape index (κ3) is 3.42. The van der Waals surface area contributed by atoms with E-state index in [-0.39, 0.29) is 11.8 Å². The highest BCUT2D eigenvalue weighted by atomic mass is 16.6. The van der Waals surface area contributed by atoms with Crippen molar-refractivity contribution in [3.05, 3.63) is 28.3 Å². The summed E-state index contributed by atoms with van der Waals surface area (Å²) in [7, 11) is 3.74.